The van der Waals surface area contributed by atoms with E-state index in [2.05, 4.69) is 4.72 Å². The summed E-state index contributed by atoms with van der Waals surface area (Å²) < 4.78 is 26.4. The van der Waals surface area contributed by atoms with Gasteiger partial charge in [-0.1, -0.05) is 11.6 Å². The molecule has 104 valence electrons. The molecule has 0 aliphatic rings. The highest BCUT2D eigenvalue weighted by Gasteiger charge is 2.30. The van der Waals surface area contributed by atoms with E-state index in [-0.39, 0.29) is 15.5 Å². The fraction of sp³-hybridized carbons (Fsp3) is 0.364. The number of halogens is 1. The number of hydrogen-bond donors (Lipinski definition) is 3. The molecule has 0 spiro atoms. The SMILES string of the molecule is CC(CO)(CO)NS(=O)(=O)c1cc(C#N)ccc1Cl. The van der Waals surface area contributed by atoms with Gasteiger partial charge in [0.2, 0.25) is 10.0 Å². The van der Waals surface area contributed by atoms with Crippen LogP contribution in [0.3, 0.4) is 0 Å². The first-order valence-electron chi connectivity index (χ1n) is 5.23. The van der Waals surface area contributed by atoms with Crippen molar-refractivity contribution in [3.63, 3.8) is 0 Å². The molecule has 1 rings (SSSR count). The second-order valence-corrected chi connectivity index (χ2v) is 6.30. The van der Waals surface area contributed by atoms with Crippen molar-refractivity contribution in [1.82, 2.24) is 4.72 Å². The van der Waals surface area contributed by atoms with Crippen LogP contribution >= 0.6 is 11.6 Å². The molecule has 0 aliphatic carbocycles. The summed E-state index contributed by atoms with van der Waals surface area (Å²) in [4.78, 5) is -0.277. The van der Waals surface area contributed by atoms with E-state index in [1.807, 2.05) is 6.07 Å². The number of nitrogens with zero attached hydrogens (tertiary/aromatic N) is 1. The number of hydrogen-bond acceptors (Lipinski definition) is 5. The van der Waals surface area contributed by atoms with Crippen LogP contribution in [0, 0.1) is 11.3 Å². The van der Waals surface area contributed by atoms with Crippen molar-refractivity contribution in [1.29, 1.82) is 5.26 Å². The number of aliphatic hydroxyl groups is 2. The molecule has 0 aliphatic heterocycles. The van der Waals surface area contributed by atoms with Crippen molar-refractivity contribution < 1.29 is 18.6 Å². The smallest absolute Gasteiger partial charge is 0.242 e. The van der Waals surface area contributed by atoms with Gasteiger partial charge in [0.05, 0.1) is 35.4 Å². The predicted molar refractivity (Wildman–Crippen MR) is 69.1 cm³/mol. The molecule has 6 nitrogen and oxygen atoms in total. The molecule has 1 aromatic carbocycles. The Morgan fingerprint density at radius 3 is 2.47 bits per heavy atom. The highest BCUT2D eigenvalue weighted by atomic mass is 35.5. The largest absolute Gasteiger partial charge is 0.394 e. The van der Waals surface area contributed by atoms with Crippen molar-refractivity contribution in [2.75, 3.05) is 13.2 Å². The Bertz CT molecular complexity index is 606. The van der Waals surface area contributed by atoms with Gasteiger partial charge < -0.3 is 10.2 Å². The van der Waals surface area contributed by atoms with Crippen molar-refractivity contribution >= 4 is 21.6 Å². The molecule has 0 saturated carbocycles. The van der Waals surface area contributed by atoms with E-state index >= 15 is 0 Å². The fourth-order valence-electron chi connectivity index (χ4n) is 1.27. The molecule has 0 aromatic heterocycles. The van der Waals surface area contributed by atoms with E-state index < -0.39 is 28.8 Å². The second kappa shape index (κ2) is 5.86. The predicted octanol–water partition coefficient (Wildman–Crippen LogP) is 0.233. The quantitative estimate of drug-likeness (QED) is 0.721. The molecule has 3 N–H and O–H groups in total. The number of nitriles is 1. The molecule has 0 saturated heterocycles. The average molecular weight is 305 g/mol. The van der Waals surface area contributed by atoms with Crippen LogP contribution in [0.4, 0.5) is 0 Å². The third-order valence-corrected chi connectivity index (χ3v) is 4.55. The minimum atomic E-state index is -4.06. The molecule has 0 heterocycles. The summed E-state index contributed by atoms with van der Waals surface area (Å²) in [7, 11) is -4.06. The molecule has 0 atom stereocenters. The Morgan fingerprint density at radius 2 is 2.00 bits per heavy atom. The summed E-state index contributed by atoms with van der Waals surface area (Å²) in [5.41, 5.74) is -1.27. The summed E-state index contributed by atoms with van der Waals surface area (Å²) >= 11 is 5.80. The van der Waals surface area contributed by atoms with Crippen LogP contribution in [-0.2, 0) is 10.0 Å². The Kier molecular flexibility index (Phi) is 4.90. The monoisotopic (exact) mass is 304 g/mol. The number of nitrogens with one attached hydrogen (secondary N) is 1. The average Bonchev–Trinajstić information content (AvgIpc) is 2.38. The third-order valence-electron chi connectivity index (χ3n) is 2.43. The first kappa shape index (κ1) is 15.9. The Morgan fingerprint density at radius 1 is 1.42 bits per heavy atom. The first-order valence-corrected chi connectivity index (χ1v) is 7.09. The van der Waals surface area contributed by atoms with Gasteiger partial charge in [0.15, 0.2) is 0 Å². The molecule has 19 heavy (non-hydrogen) atoms. The van der Waals surface area contributed by atoms with Crippen molar-refractivity contribution in [3.8, 4) is 6.07 Å². The molecule has 0 unspecified atom stereocenters. The van der Waals surface area contributed by atoms with Crippen LogP contribution in [0.25, 0.3) is 0 Å². The summed E-state index contributed by atoms with van der Waals surface area (Å²) in [6.45, 7) is 0.170. The lowest BCUT2D eigenvalue weighted by atomic mass is 10.1. The standard InChI is InChI=1S/C11H13ClN2O4S/c1-11(6-15,7-16)14-19(17,18)10-4-8(5-13)2-3-9(10)12/h2-4,14-16H,6-7H2,1H3. The fourth-order valence-corrected chi connectivity index (χ4v) is 3.19. The van der Waals surface area contributed by atoms with Crippen molar-refractivity contribution in [2.45, 2.75) is 17.4 Å². The van der Waals surface area contributed by atoms with Crippen molar-refractivity contribution in [3.05, 3.63) is 28.8 Å². The molecule has 0 radical (unpaired) electrons. The zero-order valence-electron chi connectivity index (χ0n) is 10.1. The van der Waals surface area contributed by atoms with Gasteiger partial charge in [-0.25, -0.2) is 13.1 Å². The van der Waals surface area contributed by atoms with E-state index in [1.165, 1.54) is 19.1 Å². The molecule has 1 aromatic rings. The van der Waals surface area contributed by atoms with Crippen LogP contribution in [0.15, 0.2) is 23.1 Å². The number of rotatable bonds is 5. The van der Waals surface area contributed by atoms with E-state index in [0.717, 1.165) is 6.07 Å². The molecule has 0 bridgehead atoms. The molecular weight excluding hydrogens is 292 g/mol. The van der Waals surface area contributed by atoms with Crippen LogP contribution in [0.5, 0.6) is 0 Å². The van der Waals surface area contributed by atoms with Crippen LogP contribution in [-0.4, -0.2) is 37.4 Å². The van der Waals surface area contributed by atoms with Gasteiger partial charge >= 0.3 is 0 Å². The van der Waals surface area contributed by atoms with Crippen LogP contribution in [0.2, 0.25) is 5.02 Å². The van der Waals surface area contributed by atoms with Gasteiger partial charge in [-0.05, 0) is 25.1 Å². The lowest BCUT2D eigenvalue weighted by Crippen LogP contribution is -2.51. The molecule has 0 amide bonds. The third kappa shape index (κ3) is 3.65. The zero-order chi connectivity index (χ0) is 14.7. The summed E-state index contributed by atoms with van der Waals surface area (Å²) in [6.07, 6.45) is 0. The van der Waals surface area contributed by atoms with E-state index in [4.69, 9.17) is 27.1 Å². The Balaban J connectivity index is 3.25. The first-order chi connectivity index (χ1) is 8.78. The van der Waals surface area contributed by atoms with E-state index in [1.54, 1.807) is 0 Å². The normalized spacial score (nSPS) is 12.2. The number of sulfonamides is 1. The second-order valence-electron chi connectivity index (χ2n) is 4.24. The van der Waals surface area contributed by atoms with Gasteiger partial charge in [-0.15, -0.1) is 0 Å². The van der Waals surface area contributed by atoms with Gasteiger partial charge in [0.1, 0.15) is 4.90 Å². The van der Waals surface area contributed by atoms with Crippen LogP contribution < -0.4 is 4.72 Å². The molecule has 8 heteroatoms. The van der Waals surface area contributed by atoms with E-state index in [0.29, 0.717) is 0 Å². The van der Waals surface area contributed by atoms with Crippen molar-refractivity contribution in [2.24, 2.45) is 0 Å². The highest BCUT2D eigenvalue weighted by Crippen LogP contribution is 2.23. The number of aliphatic hydroxyl groups excluding tert-OH is 2. The number of benzene rings is 1. The summed E-state index contributed by atoms with van der Waals surface area (Å²) in [5, 5.41) is 26.9. The van der Waals surface area contributed by atoms with Gasteiger partial charge in [0.25, 0.3) is 0 Å². The maximum atomic E-state index is 12.1. The molecule has 0 fully saturated rings. The summed E-state index contributed by atoms with van der Waals surface area (Å²) in [5.74, 6) is 0. The minimum Gasteiger partial charge on any atom is -0.394 e. The summed E-state index contributed by atoms with van der Waals surface area (Å²) in [6, 6.07) is 5.62. The lowest BCUT2D eigenvalue weighted by Gasteiger charge is -2.26. The van der Waals surface area contributed by atoms with Gasteiger partial charge in [-0.2, -0.15) is 5.26 Å². The van der Waals surface area contributed by atoms with Crippen LogP contribution in [0.1, 0.15) is 12.5 Å². The Labute approximate surface area is 116 Å². The lowest BCUT2D eigenvalue weighted by molar-refractivity contribution is 0.122. The zero-order valence-corrected chi connectivity index (χ0v) is 11.7. The topological polar surface area (TPSA) is 110 Å². The van der Waals surface area contributed by atoms with Gasteiger partial charge in [-0.3, -0.25) is 0 Å². The van der Waals surface area contributed by atoms with Gasteiger partial charge in [0, 0.05) is 0 Å². The Hall–Kier alpha value is -1.17. The minimum absolute atomic E-state index is 0.0512. The highest BCUT2D eigenvalue weighted by molar-refractivity contribution is 7.89. The maximum absolute atomic E-state index is 12.1. The van der Waals surface area contributed by atoms with E-state index in [9.17, 15) is 8.42 Å². The maximum Gasteiger partial charge on any atom is 0.242 e. The molecular formula is C11H13ClN2O4S.